The normalized spacial score (nSPS) is 22.8. The van der Waals surface area contributed by atoms with E-state index in [2.05, 4.69) is 4.90 Å². The number of carbonyl (C=O) groups is 3. The van der Waals surface area contributed by atoms with E-state index in [4.69, 9.17) is 0 Å². The fraction of sp³-hybridized carbons (Fsp3) is 0.609. The molecule has 2 fully saturated rings. The van der Waals surface area contributed by atoms with E-state index in [0.29, 0.717) is 31.6 Å². The minimum atomic E-state index is -0.805. The number of carboxylic acids is 1. The zero-order chi connectivity index (χ0) is 22.4. The molecule has 3 rings (SSSR count). The first-order chi connectivity index (χ1) is 14.8. The summed E-state index contributed by atoms with van der Waals surface area (Å²) < 4.78 is 13.2. The van der Waals surface area contributed by atoms with Crippen molar-refractivity contribution in [3.8, 4) is 0 Å². The first kappa shape index (κ1) is 23.2. The fourth-order valence-corrected chi connectivity index (χ4v) is 4.72. The molecule has 0 aliphatic carbocycles. The van der Waals surface area contributed by atoms with Gasteiger partial charge in [-0.1, -0.05) is 0 Å². The Balaban J connectivity index is 1.61. The average Bonchev–Trinajstić information content (AvgIpc) is 2.98. The van der Waals surface area contributed by atoms with Crippen LogP contribution in [0.1, 0.15) is 43.0 Å². The van der Waals surface area contributed by atoms with Crippen molar-refractivity contribution >= 4 is 17.8 Å². The van der Waals surface area contributed by atoms with Gasteiger partial charge in [0.05, 0.1) is 0 Å². The van der Waals surface area contributed by atoms with Crippen LogP contribution in [0.3, 0.4) is 0 Å². The molecule has 0 spiro atoms. The molecule has 0 saturated carbocycles. The summed E-state index contributed by atoms with van der Waals surface area (Å²) in [4.78, 5) is 41.9. The number of aliphatic carboxylic acids is 1. The van der Waals surface area contributed by atoms with Crippen molar-refractivity contribution in [2.75, 3.05) is 45.8 Å². The van der Waals surface area contributed by atoms with Crippen molar-refractivity contribution in [1.29, 1.82) is 0 Å². The van der Waals surface area contributed by atoms with Crippen molar-refractivity contribution in [2.45, 2.75) is 32.6 Å². The minimum Gasteiger partial charge on any atom is -0.481 e. The van der Waals surface area contributed by atoms with Gasteiger partial charge in [0.2, 0.25) is 5.91 Å². The summed E-state index contributed by atoms with van der Waals surface area (Å²) in [5.41, 5.74) is 0.452. The molecule has 8 heteroatoms. The molecule has 1 N–H and O–H groups in total. The summed E-state index contributed by atoms with van der Waals surface area (Å²) in [6.45, 7) is 6.67. The van der Waals surface area contributed by atoms with Crippen molar-refractivity contribution in [3.05, 3.63) is 35.6 Å². The van der Waals surface area contributed by atoms with Crippen LogP contribution in [0.25, 0.3) is 0 Å². The van der Waals surface area contributed by atoms with Crippen LogP contribution < -0.4 is 0 Å². The second-order valence-electron chi connectivity index (χ2n) is 8.65. The van der Waals surface area contributed by atoms with Crippen molar-refractivity contribution in [1.82, 2.24) is 14.7 Å². The molecule has 2 unspecified atom stereocenters. The van der Waals surface area contributed by atoms with Crippen LogP contribution in [0.4, 0.5) is 4.39 Å². The third-order valence-corrected chi connectivity index (χ3v) is 6.56. The number of halogens is 1. The van der Waals surface area contributed by atoms with E-state index in [1.165, 1.54) is 24.3 Å². The van der Waals surface area contributed by atoms with Crippen molar-refractivity contribution in [3.63, 3.8) is 0 Å². The predicted molar refractivity (Wildman–Crippen MR) is 114 cm³/mol. The van der Waals surface area contributed by atoms with Crippen LogP contribution >= 0.6 is 0 Å². The monoisotopic (exact) mass is 433 g/mol. The van der Waals surface area contributed by atoms with E-state index >= 15 is 0 Å². The van der Waals surface area contributed by atoms with Gasteiger partial charge in [0.15, 0.2) is 0 Å². The quantitative estimate of drug-likeness (QED) is 0.745. The number of carbonyl (C=O) groups excluding carboxylic acids is 2. The van der Waals surface area contributed by atoms with Gasteiger partial charge in [0.25, 0.3) is 5.91 Å². The summed E-state index contributed by atoms with van der Waals surface area (Å²) >= 11 is 0. The van der Waals surface area contributed by atoms with Gasteiger partial charge in [-0.3, -0.25) is 14.4 Å². The number of nitrogens with zero attached hydrogens (tertiary/aromatic N) is 3. The van der Waals surface area contributed by atoms with Crippen LogP contribution in [0.15, 0.2) is 24.3 Å². The SMILES string of the molecule is CC(=O)N1CCCN(CCC2CN(C(=O)c3ccc(F)cc3)CCC2CC(=O)O)CC1. The first-order valence-corrected chi connectivity index (χ1v) is 11.1. The highest BCUT2D eigenvalue weighted by atomic mass is 19.1. The predicted octanol–water partition coefficient (Wildman–Crippen LogP) is 2.32. The van der Waals surface area contributed by atoms with E-state index in [0.717, 1.165) is 39.0 Å². The molecule has 2 saturated heterocycles. The maximum Gasteiger partial charge on any atom is 0.303 e. The average molecular weight is 434 g/mol. The zero-order valence-corrected chi connectivity index (χ0v) is 18.1. The second kappa shape index (κ2) is 10.7. The second-order valence-corrected chi connectivity index (χ2v) is 8.65. The molecule has 170 valence electrons. The van der Waals surface area contributed by atoms with Gasteiger partial charge >= 0.3 is 5.97 Å². The van der Waals surface area contributed by atoms with Gasteiger partial charge in [0, 0.05) is 51.6 Å². The fourth-order valence-electron chi connectivity index (χ4n) is 4.72. The Kier molecular flexibility index (Phi) is 8.01. The Hall–Kier alpha value is -2.48. The van der Waals surface area contributed by atoms with Gasteiger partial charge in [-0.2, -0.15) is 0 Å². The maximum atomic E-state index is 13.2. The number of amides is 2. The lowest BCUT2D eigenvalue weighted by Crippen LogP contribution is -2.45. The molecule has 2 amide bonds. The van der Waals surface area contributed by atoms with Gasteiger partial charge in [0.1, 0.15) is 5.82 Å². The molecule has 2 aliphatic rings. The molecule has 31 heavy (non-hydrogen) atoms. The van der Waals surface area contributed by atoms with Gasteiger partial charge in [-0.25, -0.2) is 4.39 Å². The lowest BCUT2D eigenvalue weighted by Gasteiger charge is -2.39. The van der Waals surface area contributed by atoms with Gasteiger partial charge in [-0.15, -0.1) is 0 Å². The van der Waals surface area contributed by atoms with Crippen molar-refractivity contribution < 1.29 is 23.9 Å². The number of benzene rings is 1. The Labute approximate surface area is 182 Å². The molecule has 2 aliphatic heterocycles. The molecule has 2 heterocycles. The standard InChI is InChI=1S/C23H32FN3O4/c1-17(28)26-10-2-9-25(13-14-26)11-7-20-16-27(12-8-19(20)15-22(29)30)23(31)18-3-5-21(24)6-4-18/h3-6,19-20H,2,7-16H2,1H3,(H,29,30). The molecular weight excluding hydrogens is 401 g/mol. The highest BCUT2D eigenvalue weighted by Crippen LogP contribution is 2.30. The number of rotatable bonds is 6. The Morgan fingerprint density at radius 1 is 1.00 bits per heavy atom. The molecule has 1 aromatic carbocycles. The molecule has 0 bridgehead atoms. The minimum absolute atomic E-state index is 0.0375. The van der Waals surface area contributed by atoms with E-state index in [-0.39, 0.29) is 35.9 Å². The molecule has 0 radical (unpaired) electrons. The summed E-state index contributed by atoms with van der Waals surface area (Å²) in [6.07, 6.45) is 2.51. The summed E-state index contributed by atoms with van der Waals surface area (Å²) in [6, 6.07) is 5.55. The zero-order valence-electron chi connectivity index (χ0n) is 18.1. The number of carboxylic acid groups (broad SMARTS) is 1. The third kappa shape index (κ3) is 6.50. The van der Waals surface area contributed by atoms with E-state index in [9.17, 15) is 23.9 Å². The smallest absolute Gasteiger partial charge is 0.303 e. The number of hydrogen-bond donors (Lipinski definition) is 1. The lowest BCUT2D eigenvalue weighted by molar-refractivity contribution is -0.139. The molecule has 7 nitrogen and oxygen atoms in total. The molecule has 1 aromatic rings. The molecular formula is C23H32FN3O4. The van der Waals surface area contributed by atoms with Gasteiger partial charge < -0.3 is 19.8 Å². The van der Waals surface area contributed by atoms with Crippen LogP contribution in [-0.2, 0) is 9.59 Å². The van der Waals surface area contributed by atoms with Gasteiger partial charge in [-0.05, 0) is 68.5 Å². The summed E-state index contributed by atoms with van der Waals surface area (Å²) in [5, 5.41) is 9.33. The maximum absolute atomic E-state index is 13.2. The topological polar surface area (TPSA) is 81.2 Å². The van der Waals surface area contributed by atoms with E-state index < -0.39 is 5.97 Å². The van der Waals surface area contributed by atoms with Crippen LogP contribution in [-0.4, -0.2) is 83.4 Å². The number of likely N-dealkylation sites (tertiary alicyclic amines) is 1. The Morgan fingerprint density at radius 2 is 1.74 bits per heavy atom. The Bertz CT molecular complexity index is 786. The van der Waals surface area contributed by atoms with Crippen LogP contribution in [0.5, 0.6) is 0 Å². The molecule has 2 atom stereocenters. The largest absolute Gasteiger partial charge is 0.481 e. The molecule has 0 aromatic heterocycles. The first-order valence-electron chi connectivity index (χ1n) is 11.1. The summed E-state index contributed by atoms with van der Waals surface area (Å²) in [5.74, 6) is -1.08. The van der Waals surface area contributed by atoms with E-state index in [1.54, 1.807) is 11.8 Å². The number of piperidine rings is 1. The number of hydrogen-bond acceptors (Lipinski definition) is 4. The summed E-state index contributed by atoms with van der Waals surface area (Å²) in [7, 11) is 0. The van der Waals surface area contributed by atoms with Crippen molar-refractivity contribution in [2.24, 2.45) is 11.8 Å². The van der Waals surface area contributed by atoms with E-state index in [1.807, 2.05) is 4.90 Å². The highest BCUT2D eigenvalue weighted by Gasteiger charge is 2.33. The Morgan fingerprint density at radius 3 is 2.42 bits per heavy atom. The van der Waals surface area contributed by atoms with Crippen LogP contribution in [0, 0.1) is 17.7 Å². The third-order valence-electron chi connectivity index (χ3n) is 6.56. The highest BCUT2D eigenvalue weighted by molar-refractivity contribution is 5.94. The van der Waals surface area contributed by atoms with Crippen LogP contribution in [0.2, 0.25) is 0 Å². The lowest BCUT2D eigenvalue weighted by atomic mass is 9.81.